The van der Waals surface area contributed by atoms with E-state index in [1.54, 1.807) is 18.4 Å². The normalized spacial score (nSPS) is 12.5. The van der Waals surface area contributed by atoms with Crippen molar-refractivity contribution in [2.75, 3.05) is 40.5 Å². The zero-order chi connectivity index (χ0) is 15.9. The zero-order valence-electron chi connectivity index (χ0n) is 13.1. The van der Waals surface area contributed by atoms with E-state index in [1.165, 1.54) is 4.90 Å². The Bertz CT molecular complexity index is 603. The highest BCUT2D eigenvalue weighted by Crippen LogP contribution is 2.34. The molecule has 22 heavy (non-hydrogen) atoms. The molecule has 0 bridgehead atoms. The van der Waals surface area contributed by atoms with Gasteiger partial charge in [-0.15, -0.1) is 11.3 Å². The number of nitrogens with two attached hydrogens (primary N) is 1. The molecule has 1 aromatic heterocycles. The summed E-state index contributed by atoms with van der Waals surface area (Å²) in [4.78, 5) is 5.77. The molecule has 1 aromatic carbocycles. The van der Waals surface area contributed by atoms with Crippen LogP contribution in [0, 0.1) is 0 Å². The number of likely N-dealkylation sites (N-methyl/N-ethyl adjacent to an activating group) is 1. The smallest absolute Gasteiger partial charge is 0.163 e. The van der Waals surface area contributed by atoms with Crippen molar-refractivity contribution in [1.82, 2.24) is 4.98 Å². The second kappa shape index (κ2) is 8.28. The minimum atomic E-state index is 0.213. The molecule has 0 amide bonds. The predicted molar refractivity (Wildman–Crippen MR) is 87.9 cm³/mol. The second-order valence-electron chi connectivity index (χ2n) is 5.17. The van der Waals surface area contributed by atoms with Gasteiger partial charge in [0.25, 0.3) is 0 Å². The Kier molecular flexibility index (Phi) is 6.38. The van der Waals surface area contributed by atoms with Crippen molar-refractivity contribution >= 4 is 21.6 Å². The minimum absolute atomic E-state index is 0.213. The van der Waals surface area contributed by atoms with Gasteiger partial charge in [-0.25, -0.2) is 4.98 Å². The summed E-state index contributed by atoms with van der Waals surface area (Å²) in [6, 6.07) is 3.86. The third kappa shape index (κ3) is 4.30. The first-order chi connectivity index (χ1) is 10.7. The number of nitrogens with zero attached hydrogens (tertiary/aromatic N) is 1. The topological polar surface area (TPSA) is 82.0 Å². The van der Waals surface area contributed by atoms with Gasteiger partial charge >= 0.3 is 0 Å². The van der Waals surface area contributed by atoms with Crippen LogP contribution in [-0.4, -0.2) is 50.6 Å². The number of thiazole rings is 1. The molecule has 2 rings (SSSR count). The minimum Gasteiger partial charge on any atom is -0.493 e. The maximum atomic E-state index is 8.88. The zero-order valence-corrected chi connectivity index (χ0v) is 13.9. The summed E-state index contributed by atoms with van der Waals surface area (Å²) in [6.45, 7) is 2.98. The van der Waals surface area contributed by atoms with E-state index in [2.05, 4.69) is 12.0 Å². The van der Waals surface area contributed by atoms with Gasteiger partial charge in [0.05, 0.1) is 44.1 Å². The quantitative estimate of drug-likeness (QED) is 0.567. The highest BCUT2D eigenvalue weighted by molar-refractivity contribution is 7.18. The van der Waals surface area contributed by atoms with E-state index in [0.717, 1.165) is 40.5 Å². The van der Waals surface area contributed by atoms with E-state index in [9.17, 15) is 0 Å². The molecular formula is C15H24N3O3S+. The maximum Gasteiger partial charge on any atom is 0.163 e. The molecule has 6 nitrogen and oxygen atoms in total. The van der Waals surface area contributed by atoms with Crippen LogP contribution in [0.4, 0.5) is 0 Å². The van der Waals surface area contributed by atoms with Gasteiger partial charge in [0.2, 0.25) is 0 Å². The Morgan fingerprint density at radius 2 is 2.14 bits per heavy atom. The van der Waals surface area contributed by atoms with Gasteiger partial charge in [0.1, 0.15) is 11.6 Å². The van der Waals surface area contributed by atoms with Gasteiger partial charge in [-0.05, 0) is 0 Å². The van der Waals surface area contributed by atoms with Gasteiger partial charge in [0.15, 0.2) is 11.5 Å². The number of benzene rings is 1. The molecule has 122 valence electrons. The first-order valence-corrected chi connectivity index (χ1v) is 8.22. The van der Waals surface area contributed by atoms with E-state index in [1.807, 2.05) is 12.1 Å². The highest BCUT2D eigenvalue weighted by Gasteiger charge is 2.11. The number of rotatable bonds is 9. The van der Waals surface area contributed by atoms with Crippen LogP contribution in [0.15, 0.2) is 12.1 Å². The number of nitrogens with one attached hydrogen (secondary N) is 1. The number of methoxy groups -OCH3 is 1. The molecular weight excluding hydrogens is 302 g/mol. The number of quaternary nitrogens is 1. The summed E-state index contributed by atoms with van der Waals surface area (Å²) in [5.74, 6) is 1.43. The van der Waals surface area contributed by atoms with Crippen molar-refractivity contribution in [3.63, 3.8) is 0 Å². The SMILES string of the molecule is COc1cc2sc(CN)nc2cc1OCCC[NH+](C)CCO. The van der Waals surface area contributed by atoms with E-state index in [-0.39, 0.29) is 6.61 Å². The number of hydrogen-bond donors (Lipinski definition) is 3. The van der Waals surface area contributed by atoms with Crippen LogP contribution in [-0.2, 0) is 6.54 Å². The molecule has 2 aromatic rings. The molecule has 0 saturated heterocycles. The molecule has 0 aliphatic rings. The number of ether oxygens (including phenoxy) is 2. The molecule has 0 saturated carbocycles. The Hall–Kier alpha value is -1.41. The van der Waals surface area contributed by atoms with E-state index >= 15 is 0 Å². The van der Waals surface area contributed by atoms with Crippen molar-refractivity contribution < 1.29 is 19.5 Å². The van der Waals surface area contributed by atoms with E-state index in [0.29, 0.717) is 18.9 Å². The molecule has 0 radical (unpaired) electrons. The molecule has 1 atom stereocenters. The fourth-order valence-electron chi connectivity index (χ4n) is 2.22. The van der Waals surface area contributed by atoms with Crippen molar-refractivity contribution in [2.24, 2.45) is 5.73 Å². The highest BCUT2D eigenvalue weighted by atomic mass is 32.1. The second-order valence-corrected chi connectivity index (χ2v) is 6.28. The lowest BCUT2D eigenvalue weighted by Gasteiger charge is -2.13. The van der Waals surface area contributed by atoms with Crippen molar-refractivity contribution in [3.05, 3.63) is 17.1 Å². The fourth-order valence-corrected chi connectivity index (χ4v) is 3.07. The summed E-state index contributed by atoms with van der Waals surface area (Å²) >= 11 is 1.57. The first-order valence-electron chi connectivity index (χ1n) is 7.40. The number of fused-ring (bicyclic) bond motifs is 1. The summed E-state index contributed by atoms with van der Waals surface area (Å²) in [5.41, 5.74) is 6.53. The van der Waals surface area contributed by atoms with E-state index in [4.69, 9.17) is 20.3 Å². The molecule has 0 fully saturated rings. The maximum absolute atomic E-state index is 8.88. The monoisotopic (exact) mass is 326 g/mol. The number of aromatic nitrogens is 1. The third-order valence-corrected chi connectivity index (χ3v) is 4.48. The van der Waals surface area contributed by atoms with Crippen molar-refractivity contribution in [3.8, 4) is 11.5 Å². The van der Waals surface area contributed by atoms with Gasteiger partial charge in [-0.3, -0.25) is 0 Å². The van der Waals surface area contributed by atoms with Gasteiger partial charge in [-0.2, -0.15) is 0 Å². The van der Waals surface area contributed by atoms with Gasteiger partial charge in [0, 0.05) is 25.1 Å². The number of aliphatic hydroxyl groups excluding tert-OH is 1. The van der Waals surface area contributed by atoms with Crippen LogP contribution in [0.3, 0.4) is 0 Å². The lowest BCUT2D eigenvalue weighted by Crippen LogP contribution is -3.09. The van der Waals surface area contributed by atoms with Crippen LogP contribution in [0.1, 0.15) is 11.4 Å². The Morgan fingerprint density at radius 3 is 2.82 bits per heavy atom. The predicted octanol–water partition coefficient (Wildman–Crippen LogP) is 0.0395. The Morgan fingerprint density at radius 1 is 1.32 bits per heavy atom. The lowest BCUT2D eigenvalue weighted by atomic mass is 10.3. The van der Waals surface area contributed by atoms with Crippen LogP contribution in [0.2, 0.25) is 0 Å². The lowest BCUT2D eigenvalue weighted by molar-refractivity contribution is -0.880. The van der Waals surface area contributed by atoms with Gasteiger partial charge in [-0.1, -0.05) is 0 Å². The molecule has 0 aliphatic heterocycles. The molecule has 0 spiro atoms. The molecule has 7 heteroatoms. The van der Waals surface area contributed by atoms with Crippen molar-refractivity contribution in [2.45, 2.75) is 13.0 Å². The summed E-state index contributed by atoms with van der Waals surface area (Å²) in [6.07, 6.45) is 0.915. The number of aliphatic hydroxyl groups is 1. The molecule has 0 aliphatic carbocycles. The summed E-state index contributed by atoms with van der Waals surface area (Å²) in [5, 5.41) is 9.78. The third-order valence-electron chi connectivity index (χ3n) is 3.44. The summed E-state index contributed by atoms with van der Waals surface area (Å²) < 4.78 is 12.3. The molecule has 1 heterocycles. The standard InChI is InChI=1S/C15H23N3O3S/c1-18(5-6-19)4-3-7-21-13-8-11-14(9-12(13)20-2)22-15(10-16)17-11/h8-9,19H,3-7,10,16H2,1-2H3/p+1. The average Bonchev–Trinajstić information content (AvgIpc) is 2.92. The van der Waals surface area contributed by atoms with Gasteiger partial charge < -0.3 is 25.2 Å². The summed E-state index contributed by atoms with van der Waals surface area (Å²) in [7, 11) is 3.70. The van der Waals surface area contributed by atoms with Crippen molar-refractivity contribution in [1.29, 1.82) is 0 Å². The van der Waals surface area contributed by atoms with E-state index < -0.39 is 0 Å². The van der Waals surface area contributed by atoms with Crippen LogP contribution in [0.25, 0.3) is 10.2 Å². The Labute approximate surface area is 134 Å². The largest absolute Gasteiger partial charge is 0.493 e. The van der Waals surface area contributed by atoms with Crippen LogP contribution in [0.5, 0.6) is 11.5 Å². The van der Waals surface area contributed by atoms with Crippen LogP contribution >= 0.6 is 11.3 Å². The average molecular weight is 326 g/mol. The first kappa shape index (κ1) is 17.0. The van der Waals surface area contributed by atoms with Crippen LogP contribution < -0.4 is 20.1 Å². The molecule has 1 unspecified atom stereocenters. The fraction of sp³-hybridized carbons (Fsp3) is 0.533. The molecule has 4 N–H and O–H groups in total. The number of hydrogen-bond acceptors (Lipinski definition) is 6. The Balaban J connectivity index is 2.00.